The average Bonchev–Trinajstić information content (AvgIpc) is 2.74. The molecule has 0 radical (unpaired) electrons. The minimum absolute atomic E-state index is 0.0970. The lowest BCUT2D eigenvalue weighted by Gasteiger charge is -2.29. The van der Waals surface area contributed by atoms with Crippen molar-refractivity contribution in [2.45, 2.75) is 26.8 Å². The second-order valence-electron chi connectivity index (χ2n) is 7.01. The summed E-state index contributed by atoms with van der Waals surface area (Å²) < 4.78 is 16.1. The van der Waals surface area contributed by atoms with Gasteiger partial charge in [-0.05, 0) is 67.8 Å². The molecule has 0 saturated heterocycles. The maximum absolute atomic E-state index is 12.5. The first-order chi connectivity index (χ1) is 14.5. The largest absolute Gasteiger partial charge is 0.490 e. The second kappa shape index (κ2) is 10.1. The van der Waals surface area contributed by atoms with E-state index < -0.39 is 5.97 Å². The number of benzene rings is 2. The highest BCUT2D eigenvalue weighted by Crippen LogP contribution is 2.33. The molecule has 1 heterocycles. The molecular formula is C23H28N2O5. The summed E-state index contributed by atoms with van der Waals surface area (Å²) in [5.41, 5.74) is 3.48. The number of hydrogen-bond donors (Lipinski definition) is 1. The van der Waals surface area contributed by atoms with Crippen LogP contribution in [0.1, 0.15) is 35.3 Å². The van der Waals surface area contributed by atoms with Gasteiger partial charge in [0.1, 0.15) is 0 Å². The Bertz CT molecular complexity index is 895. The highest BCUT2D eigenvalue weighted by molar-refractivity contribution is 5.94. The van der Waals surface area contributed by atoms with Gasteiger partial charge < -0.3 is 19.5 Å². The first-order valence-corrected chi connectivity index (χ1v) is 10.2. The van der Waals surface area contributed by atoms with Crippen molar-refractivity contribution < 1.29 is 23.8 Å². The molecule has 160 valence electrons. The summed E-state index contributed by atoms with van der Waals surface area (Å²) >= 11 is 0. The van der Waals surface area contributed by atoms with Crippen molar-refractivity contribution in [3.05, 3.63) is 53.1 Å². The van der Waals surface area contributed by atoms with Gasteiger partial charge in [-0.2, -0.15) is 0 Å². The molecule has 1 N–H and O–H groups in total. The zero-order valence-corrected chi connectivity index (χ0v) is 17.7. The number of carbonyl (C=O) groups excluding carboxylic acids is 2. The molecule has 7 heteroatoms. The smallest absolute Gasteiger partial charge is 0.337 e. The van der Waals surface area contributed by atoms with Gasteiger partial charge in [-0.3, -0.25) is 9.69 Å². The fraction of sp³-hybridized carbons (Fsp3) is 0.391. The van der Waals surface area contributed by atoms with E-state index in [0.717, 1.165) is 30.0 Å². The lowest BCUT2D eigenvalue weighted by atomic mass is 9.98. The fourth-order valence-electron chi connectivity index (χ4n) is 3.51. The third-order valence-corrected chi connectivity index (χ3v) is 4.91. The molecule has 7 nitrogen and oxygen atoms in total. The van der Waals surface area contributed by atoms with E-state index in [1.165, 1.54) is 12.7 Å². The van der Waals surface area contributed by atoms with Crippen molar-refractivity contribution in [2.24, 2.45) is 0 Å². The van der Waals surface area contributed by atoms with E-state index in [2.05, 4.69) is 21.0 Å². The van der Waals surface area contributed by atoms with E-state index >= 15 is 0 Å². The predicted molar refractivity (Wildman–Crippen MR) is 114 cm³/mol. The van der Waals surface area contributed by atoms with E-state index in [1.807, 2.05) is 19.9 Å². The number of carbonyl (C=O) groups is 2. The van der Waals surface area contributed by atoms with Gasteiger partial charge in [-0.15, -0.1) is 0 Å². The summed E-state index contributed by atoms with van der Waals surface area (Å²) in [6.07, 6.45) is 0.850. The third kappa shape index (κ3) is 5.30. The minimum Gasteiger partial charge on any atom is -0.490 e. The van der Waals surface area contributed by atoms with Crippen LogP contribution in [0.5, 0.6) is 11.5 Å². The molecule has 0 aliphatic carbocycles. The Hall–Kier alpha value is -3.06. The normalized spacial score (nSPS) is 13.3. The molecule has 30 heavy (non-hydrogen) atoms. The van der Waals surface area contributed by atoms with Gasteiger partial charge in [0.25, 0.3) is 0 Å². The number of nitrogens with zero attached hydrogens (tertiary/aromatic N) is 1. The second-order valence-corrected chi connectivity index (χ2v) is 7.01. The van der Waals surface area contributed by atoms with Crippen LogP contribution in [0, 0.1) is 0 Å². The SMILES string of the molecule is CCOc1cc2c(cc1OCC)CN(CC(=O)Nc1ccc(C(=O)OC)cc1)CC2. The highest BCUT2D eigenvalue weighted by Gasteiger charge is 2.21. The van der Waals surface area contributed by atoms with Crippen LogP contribution in [0.4, 0.5) is 5.69 Å². The van der Waals surface area contributed by atoms with Crippen molar-refractivity contribution in [2.75, 3.05) is 38.7 Å². The zero-order valence-electron chi connectivity index (χ0n) is 17.7. The number of esters is 1. The van der Waals surface area contributed by atoms with Gasteiger partial charge in [0.2, 0.25) is 5.91 Å². The van der Waals surface area contributed by atoms with Crippen molar-refractivity contribution >= 4 is 17.6 Å². The number of ether oxygens (including phenoxy) is 3. The van der Waals surface area contributed by atoms with Gasteiger partial charge >= 0.3 is 5.97 Å². The minimum atomic E-state index is -0.404. The molecule has 0 unspecified atom stereocenters. The molecule has 0 aromatic heterocycles. The molecule has 1 aliphatic rings. The number of anilines is 1. The van der Waals surface area contributed by atoms with E-state index in [0.29, 0.717) is 31.0 Å². The molecule has 0 fully saturated rings. The van der Waals surface area contributed by atoms with Gasteiger partial charge in [-0.25, -0.2) is 4.79 Å². The van der Waals surface area contributed by atoms with Crippen LogP contribution in [0.15, 0.2) is 36.4 Å². The number of fused-ring (bicyclic) bond motifs is 1. The van der Waals surface area contributed by atoms with Gasteiger partial charge in [0.15, 0.2) is 11.5 Å². The fourth-order valence-corrected chi connectivity index (χ4v) is 3.51. The highest BCUT2D eigenvalue weighted by atomic mass is 16.5. The van der Waals surface area contributed by atoms with E-state index in [9.17, 15) is 9.59 Å². The summed E-state index contributed by atoms with van der Waals surface area (Å²) in [5.74, 6) is 1.02. The number of hydrogen-bond acceptors (Lipinski definition) is 6. The van der Waals surface area contributed by atoms with Gasteiger partial charge in [0.05, 0.1) is 32.4 Å². The monoisotopic (exact) mass is 412 g/mol. The average molecular weight is 412 g/mol. The van der Waals surface area contributed by atoms with Crippen LogP contribution in [-0.4, -0.2) is 50.2 Å². The van der Waals surface area contributed by atoms with Crippen molar-refractivity contribution in [3.8, 4) is 11.5 Å². The first kappa shape index (κ1) is 21.6. The van der Waals surface area contributed by atoms with E-state index in [1.54, 1.807) is 24.3 Å². The van der Waals surface area contributed by atoms with Gasteiger partial charge in [-0.1, -0.05) is 0 Å². The third-order valence-electron chi connectivity index (χ3n) is 4.91. The molecule has 2 aromatic rings. The quantitative estimate of drug-likeness (QED) is 0.671. The molecule has 0 saturated carbocycles. The Morgan fingerprint density at radius 3 is 2.23 bits per heavy atom. The Labute approximate surface area is 176 Å². The van der Waals surface area contributed by atoms with Crippen LogP contribution in [0.3, 0.4) is 0 Å². The summed E-state index contributed by atoms with van der Waals surface area (Å²) in [6.45, 7) is 6.82. The number of rotatable bonds is 8. The molecule has 2 aromatic carbocycles. The van der Waals surface area contributed by atoms with E-state index in [-0.39, 0.29) is 12.5 Å². The van der Waals surface area contributed by atoms with Crippen LogP contribution in [0.25, 0.3) is 0 Å². The Kier molecular flexibility index (Phi) is 7.30. The number of nitrogens with one attached hydrogen (secondary N) is 1. The molecule has 0 atom stereocenters. The van der Waals surface area contributed by atoms with Crippen LogP contribution < -0.4 is 14.8 Å². The van der Waals surface area contributed by atoms with Crippen molar-refractivity contribution in [1.29, 1.82) is 0 Å². The topological polar surface area (TPSA) is 77.1 Å². The Morgan fingerprint density at radius 2 is 1.63 bits per heavy atom. The Morgan fingerprint density at radius 1 is 1.00 bits per heavy atom. The number of methoxy groups -OCH3 is 1. The first-order valence-electron chi connectivity index (χ1n) is 10.2. The molecule has 1 amide bonds. The maximum Gasteiger partial charge on any atom is 0.337 e. The summed E-state index contributed by atoms with van der Waals surface area (Å²) in [7, 11) is 1.34. The van der Waals surface area contributed by atoms with Crippen LogP contribution >= 0.6 is 0 Å². The number of amides is 1. The standard InChI is InChI=1S/C23H28N2O5/c1-4-29-20-12-17-10-11-25(14-18(17)13-21(20)30-5-2)15-22(26)24-19-8-6-16(7-9-19)23(27)28-3/h6-9,12-13H,4-5,10-11,14-15H2,1-3H3,(H,24,26). The lowest BCUT2D eigenvalue weighted by Crippen LogP contribution is -2.37. The molecule has 0 bridgehead atoms. The molecular weight excluding hydrogens is 384 g/mol. The summed E-state index contributed by atoms with van der Waals surface area (Å²) in [4.78, 5) is 26.1. The summed E-state index contributed by atoms with van der Waals surface area (Å²) in [5, 5.41) is 2.88. The summed E-state index contributed by atoms with van der Waals surface area (Å²) in [6, 6.07) is 10.7. The zero-order chi connectivity index (χ0) is 21.5. The van der Waals surface area contributed by atoms with Crippen molar-refractivity contribution in [1.82, 2.24) is 4.90 Å². The van der Waals surface area contributed by atoms with Gasteiger partial charge in [0, 0.05) is 18.8 Å². The van der Waals surface area contributed by atoms with Crippen LogP contribution in [0.2, 0.25) is 0 Å². The van der Waals surface area contributed by atoms with Crippen LogP contribution in [-0.2, 0) is 22.5 Å². The maximum atomic E-state index is 12.5. The predicted octanol–water partition coefficient (Wildman–Crippen LogP) is 3.27. The molecule has 0 spiro atoms. The molecule has 3 rings (SSSR count). The van der Waals surface area contributed by atoms with Crippen molar-refractivity contribution in [3.63, 3.8) is 0 Å². The lowest BCUT2D eigenvalue weighted by molar-refractivity contribution is -0.117. The van der Waals surface area contributed by atoms with E-state index in [4.69, 9.17) is 9.47 Å². The Balaban J connectivity index is 1.62. The molecule has 1 aliphatic heterocycles.